The minimum absolute atomic E-state index is 0.0607. The molecule has 0 N–H and O–H groups in total. The van der Waals surface area contributed by atoms with Crippen molar-refractivity contribution in [2.24, 2.45) is 5.92 Å². The Morgan fingerprint density at radius 2 is 1.56 bits per heavy atom. The largest absolute Gasteiger partial charge is 0.303 e. The van der Waals surface area contributed by atoms with Crippen LogP contribution in [0.15, 0.2) is 54.6 Å². The molecule has 2 nitrogen and oxygen atoms in total. The summed E-state index contributed by atoms with van der Waals surface area (Å²) in [6.45, 7) is 0. The highest BCUT2D eigenvalue weighted by Gasteiger charge is 2.39. The van der Waals surface area contributed by atoms with Gasteiger partial charge < -0.3 is 4.79 Å². The normalized spacial score (nSPS) is 21.7. The number of benzene rings is 2. The van der Waals surface area contributed by atoms with Crippen molar-refractivity contribution in [1.82, 2.24) is 0 Å². The van der Waals surface area contributed by atoms with Crippen molar-refractivity contribution in [3.05, 3.63) is 71.3 Å². The molecule has 2 heteroatoms. The molecular weight excluding hydrogens is 224 g/mol. The van der Waals surface area contributed by atoms with Crippen LogP contribution >= 0.6 is 0 Å². The Morgan fingerprint density at radius 3 is 2.28 bits per heavy atom. The first-order valence-electron chi connectivity index (χ1n) is 5.96. The molecule has 0 spiro atoms. The molecule has 18 heavy (non-hydrogen) atoms. The quantitative estimate of drug-likeness (QED) is 0.593. The molecule has 3 rings (SSSR count). The number of carbonyl (C=O) groups is 2. The van der Waals surface area contributed by atoms with E-state index < -0.39 is 5.92 Å². The number of rotatable bonds is 2. The minimum Gasteiger partial charge on any atom is -0.303 e. The van der Waals surface area contributed by atoms with Gasteiger partial charge in [0.2, 0.25) is 0 Å². The fourth-order valence-corrected chi connectivity index (χ4v) is 2.70. The Hall–Kier alpha value is -2.22. The summed E-state index contributed by atoms with van der Waals surface area (Å²) in [5, 5.41) is 0. The average Bonchev–Trinajstić information content (AvgIpc) is 2.73. The molecule has 2 aromatic rings. The smallest absolute Gasteiger partial charge is 0.174 e. The number of carbonyl (C=O) groups excluding carboxylic acids is 2. The van der Waals surface area contributed by atoms with Crippen molar-refractivity contribution < 1.29 is 9.59 Å². The molecule has 0 unspecified atom stereocenters. The Bertz CT molecular complexity index is 602. The lowest BCUT2D eigenvalue weighted by Crippen LogP contribution is -2.16. The molecule has 0 saturated heterocycles. The fraction of sp³-hybridized carbons (Fsp3) is 0.125. The van der Waals surface area contributed by atoms with Crippen LogP contribution in [0.25, 0.3) is 0 Å². The lowest BCUT2D eigenvalue weighted by Gasteiger charge is -2.14. The monoisotopic (exact) mass is 236 g/mol. The summed E-state index contributed by atoms with van der Waals surface area (Å²) in [5.41, 5.74) is 2.67. The van der Waals surface area contributed by atoms with Crippen molar-refractivity contribution in [3.8, 4) is 0 Å². The molecule has 0 fully saturated rings. The fourth-order valence-electron chi connectivity index (χ4n) is 2.70. The Kier molecular flexibility index (Phi) is 2.56. The summed E-state index contributed by atoms with van der Waals surface area (Å²) in [7, 11) is 0. The predicted octanol–water partition coefficient (Wildman–Crippen LogP) is 2.83. The molecule has 0 aromatic heterocycles. The van der Waals surface area contributed by atoms with Crippen LogP contribution in [-0.2, 0) is 4.79 Å². The second-order valence-corrected chi connectivity index (χ2v) is 4.50. The molecule has 0 bridgehead atoms. The van der Waals surface area contributed by atoms with Gasteiger partial charge in [-0.3, -0.25) is 4.79 Å². The summed E-state index contributed by atoms with van der Waals surface area (Å²) in [6.07, 6.45) is 0.778. The number of fused-ring (bicyclic) bond motifs is 1. The van der Waals surface area contributed by atoms with E-state index in [1.165, 1.54) is 0 Å². The maximum absolute atomic E-state index is 12.2. The van der Waals surface area contributed by atoms with E-state index in [-0.39, 0.29) is 11.7 Å². The van der Waals surface area contributed by atoms with Crippen LogP contribution in [0.3, 0.4) is 0 Å². The third-order valence-corrected chi connectivity index (χ3v) is 3.53. The van der Waals surface area contributed by atoms with Gasteiger partial charge in [0.05, 0.1) is 5.92 Å². The van der Waals surface area contributed by atoms with E-state index in [2.05, 4.69) is 0 Å². The van der Waals surface area contributed by atoms with Crippen LogP contribution in [0.1, 0.15) is 27.4 Å². The number of hydrogen-bond acceptors (Lipinski definition) is 2. The van der Waals surface area contributed by atoms with Gasteiger partial charge in [-0.15, -0.1) is 0 Å². The van der Waals surface area contributed by atoms with Gasteiger partial charge in [-0.2, -0.15) is 0 Å². The highest BCUT2D eigenvalue weighted by atomic mass is 16.1. The third kappa shape index (κ3) is 1.50. The predicted molar refractivity (Wildman–Crippen MR) is 68.6 cm³/mol. The lowest BCUT2D eigenvalue weighted by atomic mass is 9.86. The first-order chi connectivity index (χ1) is 8.83. The molecule has 0 aliphatic heterocycles. The number of Topliss-reactive ketones (excluding diaryl/α,β-unsaturated/α-hetero) is 1. The van der Waals surface area contributed by atoms with Gasteiger partial charge >= 0.3 is 0 Å². The van der Waals surface area contributed by atoms with Crippen LogP contribution in [0.5, 0.6) is 0 Å². The van der Waals surface area contributed by atoms with E-state index in [0.717, 1.165) is 17.4 Å². The SMILES string of the molecule is O=C[C@@H]1C(=O)c2ccccc2[C@@H]1c1ccccc1. The van der Waals surface area contributed by atoms with E-state index >= 15 is 0 Å². The number of hydrogen-bond donors (Lipinski definition) is 0. The highest BCUT2D eigenvalue weighted by molar-refractivity contribution is 6.10. The van der Waals surface area contributed by atoms with Gasteiger partial charge in [-0.25, -0.2) is 0 Å². The zero-order valence-corrected chi connectivity index (χ0v) is 9.74. The molecule has 88 valence electrons. The zero-order valence-electron chi connectivity index (χ0n) is 9.74. The maximum Gasteiger partial charge on any atom is 0.174 e. The van der Waals surface area contributed by atoms with Crippen LogP contribution in [0.4, 0.5) is 0 Å². The van der Waals surface area contributed by atoms with Gasteiger partial charge in [0.1, 0.15) is 6.29 Å². The standard InChI is InChI=1S/C16H12O2/c17-10-14-15(11-6-2-1-3-7-11)12-8-4-5-9-13(12)16(14)18/h1-10,14-15H/t14-,15-/m0/s1. The highest BCUT2D eigenvalue weighted by Crippen LogP contribution is 2.41. The number of ketones is 1. The Balaban J connectivity index is 2.19. The van der Waals surface area contributed by atoms with E-state index in [9.17, 15) is 9.59 Å². The zero-order chi connectivity index (χ0) is 12.5. The minimum atomic E-state index is -0.579. The summed E-state index contributed by atoms with van der Waals surface area (Å²) >= 11 is 0. The summed E-state index contributed by atoms with van der Waals surface area (Å²) in [6, 6.07) is 17.2. The second-order valence-electron chi connectivity index (χ2n) is 4.50. The molecule has 1 aliphatic carbocycles. The summed E-state index contributed by atoms with van der Waals surface area (Å²) in [5.74, 6) is -0.772. The first kappa shape index (κ1) is 10.9. The van der Waals surface area contributed by atoms with E-state index in [1.54, 1.807) is 6.07 Å². The van der Waals surface area contributed by atoms with E-state index in [4.69, 9.17) is 0 Å². The van der Waals surface area contributed by atoms with Crippen LogP contribution in [0, 0.1) is 5.92 Å². The van der Waals surface area contributed by atoms with Crippen LogP contribution in [-0.4, -0.2) is 12.1 Å². The topological polar surface area (TPSA) is 34.1 Å². The maximum atomic E-state index is 12.2. The van der Waals surface area contributed by atoms with Crippen LogP contribution in [0.2, 0.25) is 0 Å². The van der Waals surface area contributed by atoms with Gasteiger partial charge in [0.25, 0.3) is 0 Å². The first-order valence-corrected chi connectivity index (χ1v) is 5.96. The number of aldehydes is 1. The molecule has 0 amide bonds. The summed E-state index contributed by atoms with van der Waals surface area (Å²) in [4.78, 5) is 23.4. The molecule has 0 saturated carbocycles. The lowest BCUT2D eigenvalue weighted by molar-refractivity contribution is -0.110. The Labute approximate surface area is 105 Å². The van der Waals surface area contributed by atoms with Crippen molar-refractivity contribution in [1.29, 1.82) is 0 Å². The van der Waals surface area contributed by atoms with Gasteiger partial charge in [0, 0.05) is 11.5 Å². The molecule has 0 radical (unpaired) electrons. The molecule has 1 aliphatic rings. The van der Waals surface area contributed by atoms with Gasteiger partial charge in [-0.1, -0.05) is 54.6 Å². The second kappa shape index (κ2) is 4.22. The Morgan fingerprint density at radius 1 is 0.889 bits per heavy atom. The van der Waals surface area contributed by atoms with Gasteiger partial charge in [-0.05, 0) is 11.1 Å². The van der Waals surface area contributed by atoms with E-state index in [1.807, 2.05) is 48.5 Å². The van der Waals surface area contributed by atoms with Crippen LogP contribution < -0.4 is 0 Å². The average molecular weight is 236 g/mol. The van der Waals surface area contributed by atoms with Crippen molar-refractivity contribution >= 4 is 12.1 Å². The van der Waals surface area contributed by atoms with Crippen molar-refractivity contribution in [3.63, 3.8) is 0 Å². The molecule has 0 heterocycles. The molecular formula is C16H12O2. The molecule has 2 atom stereocenters. The van der Waals surface area contributed by atoms with Crippen molar-refractivity contribution in [2.75, 3.05) is 0 Å². The third-order valence-electron chi connectivity index (χ3n) is 3.53. The van der Waals surface area contributed by atoms with Crippen molar-refractivity contribution in [2.45, 2.75) is 5.92 Å². The summed E-state index contributed by atoms with van der Waals surface area (Å²) < 4.78 is 0. The van der Waals surface area contributed by atoms with E-state index in [0.29, 0.717) is 5.56 Å². The molecule has 2 aromatic carbocycles. The van der Waals surface area contributed by atoms with Gasteiger partial charge in [0.15, 0.2) is 5.78 Å².